The number of hydrogen-bond donors (Lipinski definition) is 2. The lowest BCUT2D eigenvalue weighted by Gasteiger charge is -2.26. The summed E-state index contributed by atoms with van der Waals surface area (Å²) in [5.41, 5.74) is 1.50. The largest absolute Gasteiger partial charge is 0.466 e. The first-order valence-corrected chi connectivity index (χ1v) is 7.62. The fourth-order valence-electron chi connectivity index (χ4n) is 2.81. The van der Waals surface area contributed by atoms with Gasteiger partial charge in [-0.3, -0.25) is 4.79 Å². The van der Waals surface area contributed by atoms with Gasteiger partial charge in [0.05, 0.1) is 12.8 Å². The summed E-state index contributed by atoms with van der Waals surface area (Å²) in [7, 11) is 0. The lowest BCUT2D eigenvalue weighted by atomic mass is 9.94. The number of hydrogen-bond acceptors (Lipinski definition) is 3. The zero-order valence-corrected chi connectivity index (χ0v) is 12.9. The Morgan fingerprint density at radius 2 is 2.14 bits per heavy atom. The summed E-state index contributed by atoms with van der Waals surface area (Å²) in [5.74, 6) is 0.514. The standard InChI is InChI=1S/C18H21NO3/c1-12-5-6-13(2)15(10-12)17(20)19-11-18(21,14-7-8-14)16-4-3-9-22-16/h3-6,9-10,14,21H,7-8,11H2,1-2H3,(H,19,20)/t18-/m0/s1. The maximum atomic E-state index is 12.4. The van der Waals surface area contributed by atoms with Crippen LogP contribution in [0.25, 0.3) is 0 Å². The Hall–Kier alpha value is -2.07. The molecule has 1 heterocycles. The van der Waals surface area contributed by atoms with Crippen LogP contribution in [0.1, 0.15) is 40.1 Å². The summed E-state index contributed by atoms with van der Waals surface area (Å²) in [6.45, 7) is 4.03. The first-order chi connectivity index (χ1) is 10.5. The third kappa shape index (κ3) is 2.79. The van der Waals surface area contributed by atoms with E-state index < -0.39 is 5.60 Å². The first kappa shape index (κ1) is 14.9. The number of aliphatic hydroxyl groups is 1. The molecule has 1 aliphatic carbocycles. The lowest BCUT2D eigenvalue weighted by Crippen LogP contribution is -2.42. The normalized spacial score (nSPS) is 17.0. The average molecular weight is 299 g/mol. The van der Waals surface area contributed by atoms with Crippen LogP contribution in [0.2, 0.25) is 0 Å². The lowest BCUT2D eigenvalue weighted by molar-refractivity contribution is -0.00611. The average Bonchev–Trinajstić information content (AvgIpc) is 3.22. The summed E-state index contributed by atoms with van der Waals surface area (Å²) in [5, 5.41) is 13.8. The van der Waals surface area contributed by atoms with Gasteiger partial charge in [-0.15, -0.1) is 0 Å². The molecule has 0 radical (unpaired) electrons. The summed E-state index contributed by atoms with van der Waals surface area (Å²) in [6, 6.07) is 9.31. The highest BCUT2D eigenvalue weighted by Gasteiger charge is 2.47. The van der Waals surface area contributed by atoms with Gasteiger partial charge in [0.1, 0.15) is 11.4 Å². The van der Waals surface area contributed by atoms with Crippen molar-refractivity contribution in [2.45, 2.75) is 32.3 Å². The summed E-state index contributed by atoms with van der Waals surface area (Å²) in [6.07, 6.45) is 3.46. The molecular weight excluding hydrogens is 278 g/mol. The topological polar surface area (TPSA) is 62.5 Å². The summed E-state index contributed by atoms with van der Waals surface area (Å²) >= 11 is 0. The molecule has 2 aromatic rings. The van der Waals surface area contributed by atoms with Crippen LogP contribution < -0.4 is 5.32 Å². The van der Waals surface area contributed by atoms with Crippen molar-refractivity contribution in [2.24, 2.45) is 5.92 Å². The maximum Gasteiger partial charge on any atom is 0.251 e. The molecule has 2 N–H and O–H groups in total. The van der Waals surface area contributed by atoms with E-state index in [1.165, 1.54) is 0 Å². The van der Waals surface area contributed by atoms with Gasteiger partial charge in [-0.05, 0) is 56.4 Å². The third-order valence-corrected chi connectivity index (χ3v) is 4.36. The highest BCUT2D eigenvalue weighted by molar-refractivity contribution is 5.95. The fraction of sp³-hybridized carbons (Fsp3) is 0.389. The molecular formula is C18H21NO3. The predicted molar refractivity (Wildman–Crippen MR) is 83.6 cm³/mol. The van der Waals surface area contributed by atoms with Crippen LogP contribution in [0.5, 0.6) is 0 Å². The molecule has 1 amide bonds. The number of carbonyl (C=O) groups is 1. The van der Waals surface area contributed by atoms with E-state index in [1.54, 1.807) is 18.4 Å². The zero-order chi connectivity index (χ0) is 15.7. The minimum absolute atomic E-state index is 0.151. The van der Waals surface area contributed by atoms with Gasteiger partial charge < -0.3 is 14.8 Å². The molecule has 4 heteroatoms. The molecule has 1 saturated carbocycles. The second-order valence-corrected chi connectivity index (χ2v) is 6.18. The van der Waals surface area contributed by atoms with Crippen LogP contribution in [-0.2, 0) is 5.60 Å². The Morgan fingerprint density at radius 1 is 1.36 bits per heavy atom. The number of furan rings is 1. The molecule has 0 unspecified atom stereocenters. The molecule has 0 aliphatic heterocycles. The van der Waals surface area contributed by atoms with Crippen LogP contribution in [-0.4, -0.2) is 17.6 Å². The van der Waals surface area contributed by atoms with Gasteiger partial charge in [0.15, 0.2) is 0 Å². The van der Waals surface area contributed by atoms with Crippen LogP contribution >= 0.6 is 0 Å². The molecule has 116 valence electrons. The van der Waals surface area contributed by atoms with Crippen LogP contribution in [0.3, 0.4) is 0 Å². The van der Waals surface area contributed by atoms with Crippen molar-refractivity contribution in [1.29, 1.82) is 0 Å². The Balaban J connectivity index is 1.75. The Labute approximate surface area is 130 Å². The van der Waals surface area contributed by atoms with Crippen LogP contribution in [0.15, 0.2) is 41.0 Å². The fourth-order valence-corrected chi connectivity index (χ4v) is 2.81. The monoisotopic (exact) mass is 299 g/mol. The molecule has 1 atom stereocenters. The predicted octanol–water partition coefficient (Wildman–Crippen LogP) is 2.92. The summed E-state index contributed by atoms with van der Waals surface area (Å²) < 4.78 is 5.38. The molecule has 4 nitrogen and oxygen atoms in total. The SMILES string of the molecule is Cc1ccc(C)c(C(=O)NC[C@@](O)(c2ccco2)C2CC2)c1. The number of amides is 1. The van der Waals surface area contributed by atoms with E-state index in [1.807, 2.05) is 32.0 Å². The van der Waals surface area contributed by atoms with Crippen molar-refractivity contribution in [3.05, 3.63) is 59.0 Å². The van der Waals surface area contributed by atoms with Gasteiger partial charge in [0, 0.05) is 5.56 Å². The van der Waals surface area contributed by atoms with E-state index in [2.05, 4.69) is 5.32 Å². The molecule has 3 rings (SSSR count). The van der Waals surface area contributed by atoms with Gasteiger partial charge in [-0.25, -0.2) is 0 Å². The molecule has 0 bridgehead atoms. The van der Waals surface area contributed by atoms with Gasteiger partial charge in [-0.2, -0.15) is 0 Å². The molecule has 22 heavy (non-hydrogen) atoms. The Kier molecular flexibility index (Phi) is 3.79. The number of aryl methyl sites for hydroxylation is 2. The minimum atomic E-state index is -1.11. The van der Waals surface area contributed by atoms with E-state index in [9.17, 15) is 9.90 Å². The molecule has 1 aromatic heterocycles. The first-order valence-electron chi connectivity index (χ1n) is 7.62. The van der Waals surface area contributed by atoms with Crippen molar-refractivity contribution in [2.75, 3.05) is 6.54 Å². The zero-order valence-electron chi connectivity index (χ0n) is 12.9. The van der Waals surface area contributed by atoms with E-state index in [0.29, 0.717) is 11.3 Å². The number of carbonyl (C=O) groups excluding carboxylic acids is 1. The second kappa shape index (κ2) is 5.61. The van der Waals surface area contributed by atoms with Crippen molar-refractivity contribution in [1.82, 2.24) is 5.32 Å². The number of benzene rings is 1. The van der Waals surface area contributed by atoms with Crippen molar-refractivity contribution in [3.8, 4) is 0 Å². The Morgan fingerprint density at radius 3 is 2.77 bits per heavy atom. The molecule has 1 aromatic carbocycles. The highest BCUT2D eigenvalue weighted by atomic mass is 16.4. The van der Waals surface area contributed by atoms with Crippen molar-refractivity contribution in [3.63, 3.8) is 0 Å². The van der Waals surface area contributed by atoms with E-state index in [0.717, 1.165) is 24.0 Å². The quantitative estimate of drug-likeness (QED) is 0.892. The van der Waals surface area contributed by atoms with Gasteiger partial charge in [-0.1, -0.05) is 17.7 Å². The Bertz CT molecular complexity index is 674. The van der Waals surface area contributed by atoms with Gasteiger partial charge in [0.25, 0.3) is 5.91 Å². The number of nitrogens with one attached hydrogen (secondary N) is 1. The van der Waals surface area contributed by atoms with Gasteiger partial charge in [0.2, 0.25) is 0 Å². The maximum absolute atomic E-state index is 12.4. The van der Waals surface area contributed by atoms with Gasteiger partial charge >= 0.3 is 0 Å². The van der Waals surface area contributed by atoms with E-state index >= 15 is 0 Å². The second-order valence-electron chi connectivity index (χ2n) is 6.18. The molecule has 0 spiro atoms. The highest BCUT2D eigenvalue weighted by Crippen LogP contribution is 2.45. The van der Waals surface area contributed by atoms with Crippen LogP contribution in [0.4, 0.5) is 0 Å². The van der Waals surface area contributed by atoms with Crippen molar-refractivity contribution >= 4 is 5.91 Å². The minimum Gasteiger partial charge on any atom is -0.466 e. The summed E-state index contributed by atoms with van der Waals surface area (Å²) in [4.78, 5) is 12.4. The molecule has 1 fully saturated rings. The van der Waals surface area contributed by atoms with E-state index in [4.69, 9.17) is 4.42 Å². The van der Waals surface area contributed by atoms with Crippen molar-refractivity contribution < 1.29 is 14.3 Å². The third-order valence-electron chi connectivity index (χ3n) is 4.36. The molecule has 0 saturated heterocycles. The number of rotatable bonds is 5. The van der Waals surface area contributed by atoms with E-state index in [-0.39, 0.29) is 18.4 Å². The smallest absolute Gasteiger partial charge is 0.251 e. The van der Waals surface area contributed by atoms with Crippen LogP contribution in [0, 0.1) is 19.8 Å². The molecule has 1 aliphatic rings.